The van der Waals surface area contributed by atoms with E-state index in [1.165, 1.54) is 0 Å². The Bertz CT molecular complexity index is 1320. The van der Waals surface area contributed by atoms with E-state index < -0.39 is 17.9 Å². The molecule has 0 unspecified atom stereocenters. The van der Waals surface area contributed by atoms with E-state index in [9.17, 15) is 19.5 Å². The highest BCUT2D eigenvalue weighted by Gasteiger charge is 2.47. The first kappa shape index (κ1) is 30.8. The third kappa shape index (κ3) is 6.96. The summed E-state index contributed by atoms with van der Waals surface area (Å²) in [5, 5.41) is 10.6. The number of hydrogen-bond donors (Lipinski definition) is 1. The van der Waals surface area contributed by atoms with Crippen LogP contribution in [-0.4, -0.2) is 109 Å². The van der Waals surface area contributed by atoms with Gasteiger partial charge >= 0.3 is 5.97 Å². The molecule has 3 atom stereocenters. The van der Waals surface area contributed by atoms with Gasteiger partial charge in [0, 0.05) is 50.2 Å². The van der Waals surface area contributed by atoms with Gasteiger partial charge in [0.15, 0.2) is 11.5 Å². The second kappa shape index (κ2) is 13.8. The maximum absolute atomic E-state index is 13.8. The second-order valence-corrected chi connectivity index (χ2v) is 12.1. The molecule has 0 bridgehead atoms. The first-order valence-corrected chi connectivity index (χ1v) is 15.4. The predicted octanol–water partition coefficient (Wildman–Crippen LogP) is 3.51. The summed E-state index contributed by atoms with van der Waals surface area (Å²) >= 11 is 0. The molecule has 3 aliphatic heterocycles. The number of carboxylic acid groups (broad SMARTS) is 1. The largest absolute Gasteiger partial charge is 0.481 e. The summed E-state index contributed by atoms with van der Waals surface area (Å²) in [5.74, 6) is -0.722. The molecule has 2 aromatic rings. The Morgan fingerprint density at radius 1 is 1.02 bits per heavy atom. The quantitative estimate of drug-likeness (QED) is 0.356. The molecule has 10 nitrogen and oxygen atoms in total. The van der Waals surface area contributed by atoms with Gasteiger partial charge in [-0.2, -0.15) is 0 Å². The summed E-state index contributed by atoms with van der Waals surface area (Å²) < 4.78 is 11.1. The maximum atomic E-state index is 13.8. The number of benzene rings is 2. The van der Waals surface area contributed by atoms with Crippen molar-refractivity contribution in [3.05, 3.63) is 59.2 Å². The van der Waals surface area contributed by atoms with Gasteiger partial charge in [0.05, 0.1) is 12.5 Å². The van der Waals surface area contributed by atoms with E-state index in [-0.39, 0.29) is 31.1 Å². The number of unbranched alkanes of at least 4 members (excludes halogenated alkanes) is 1. The minimum absolute atomic E-state index is 0.0253. The van der Waals surface area contributed by atoms with Gasteiger partial charge < -0.3 is 29.3 Å². The minimum atomic E-state index is -0.896. The fourth-order valence-electron chi connectivity index (χ4n) is 6.68. The summed E-state index contributed by atoms with van der Waals surface area (Å²) in [6, 6.07) is 12.8. The molecule has 43 heavy (non-hydrogen) atoms. The number of hydrogen-bond acceptors (Lipinski definition) is 7. The highest BCUT2D eigenvalue weighted by molar-refractivity contribution is 5.98. The van der Waals surface area contributed by atoms with Gasteiger partial charge in [-0.05, 0) is 69.2 Å². The molecule has 1 N–H and O–H groups in total. The van der Waals surface area contributed by atoms with Gasteiger partial charge in [0.2, 0.25) is 12.7 Å². The Labute approximate surface area is 254 Å². The van der Waals surface area contributed by atoms with Crippen LogP contribution in [0.1, 0.15) is 60.0 Å². The predicted molar refractivity (Wildman–Crippen MR) is 162 cm³/mol. The van der Waals surface area contributed by atoms with Crippen molar-refractivity contribution in [3.8, 4) is 11.5 Å². The van der Waals surface area contributed by atoms with Gasteiger partial charge in [-0.1, -0.05) is 37.6 Å². The number of carbonyl (C=O) groups excluding carboxylic acids is 2. The van der Waals surface area contributed by atoms with Crippen molar-refractivity contribution in [1.29, 1.82) is 0 Å². The zero-order chi connectivity index (χ0) is 30.5. The SMILES string of the molecule is CCCCN(CCCN(C)C)C(=O)CN1C[C@H](c2ccc3c(c2)OCO3)[C@@H](C(=O)O)[C@@H]1CCN1Cc2ccccc2C1=O. The van der Waals surface area contributed by atoms with E-state index in [0.717, 1.165) is 36.9 Å². The zero-order valence-corrected chi connectivity index (χ0v) is 25.5. The molecule has 2 aromatic carbocycles. The van der Waals surface area contributed by atoms with Crippen LogP contribution in [0.4, 0.5) is 0 Å². The standard InChI is InChI=1S/C33H44N4O6/c1-4-5-15-35(16-8-14-34(2)3)30(38)21-37-20-26(23-11-12-28-29(18-23)43-22-42-28)31(33(40)41)27(37)13-17-36-19-24-9-6-7-10-25(24)32(36)39/h6-7,9-12,18,26-27,31H,4-5,8,13-17,19-22H2,1-3H3,(H,40,41)/t26-,27+,31-/m1/s1. The number of carboxylic acids is 1. The van der Waals surface area contributed by atoms with Gasteiger partial charge in [-0.3, -0.25) is 19.3 Å². The van der Waals surface area contributed by atoms with Crippen LogP contribution in [-0.2, 0) is 16.1 Å². The molecule has 0 aliphatic carbocycles. The fraction of sp³-hybridized carbons (Fsp3) is 0.545. The van der Waals surface area contributed by atoms with Crippen molar-refractivity contribution in [2.75, 3.05) is 60.2 Å². The molecule has 5 rings (SSSR count). The fourth-order valence-corrected chi connectivity index (χ4v) is 6.68. The Kier molecular flexibility index (Phi) is 9.87. The normalized spacial score (nSPS) is 21.1. The van der Waals surface area contributed by atoms with Crippen LogP contribution in [0.3, 0.4) is 0 Å². The summed E-state index contributed by atoms with van der Waals surface area (Å²) in [4.78, 5) is 47.7. The molecule has 1 saturated heterocycles. The van der Waals surface area contributed by atoms with Gasteiger partial charge in [-0.15, -0.1) is 0 Å². The van der Waals surface area contributed by atoms with Crippen molar-refractivity contribution in [1.82, 2.24) is 19.6 Å². The summed E-state index contributed by atoms with van der Waals surface area (Å²) in [5.41, 5.74) is 2.55. The van der Waals surface area contributed by atoms with Crippen LogP contribution in [0.5, 0.6) is 11.5 Å². The molecule has 3 aliphatic rings. The van der Waals surface area contributed by atoms with Crippen LogP contribution >= 0.6 is 0 Å². The zero-order valence-electron chi connectivity index (χ0n) is 25.5. The van der Waals surface area contributed by atoms with E-state index in [0.29, 0.717) is 56.2 Å². The van der Waals surface area contributed by atoms with Crippen LogP contribution in [0, 0.1) is 5.92 Å². The van der Waals surface area contributed by atoms with Crippen molar-refractivity contribution in [3.63, 3.8) is 0 Å². The topological polar surface area (TPSA) is 103 Å². The van der Waals surface area contributed by atoms with E-state index in [1.807, 2.05) is 61.5 Å². The Hall–Kier alpha value is -3.63. The van der Waals surface area contributed by atoms with Crippen molar-refractivity contribution >= 4 is 17.8 Å². The van der Waals surface area contributed by atoms with E-state index in [1.54, 1.807) is 4.90 Å². The number of ether oxygens (including phenoxy) is 2. The highest BCUT2D eigenvalue weighted by Crippen LogP contribution is 2.43. The molecule has 0 aromatic heterocycles. The van der Waals surface area contributed by atoms with Crippen LogP contribution in [0.15, 0.2) is 42.5 Å². The molecule has 232 valence electrons. The Balaban J connectivity index is 1.37. The molecule has 0 saturated carbocycles. The van der Waals surface area contributed by atoms with E-state index in [2.05, 4.69) is 16.7 Å². The number of rotatable bonds is 14. The molecular formula is C33H44N4O6. The molecule has 10 heteroatoms. The number of fused-ring (bicyclic) bond motifs is 2. The van der Waals surface area contributed by atoms with Crippen molar-refractivity contribution in [2.24, 2.45) is 5.92 Å². The Morgan fingerprint density at radius 3 is 2.53 bits per heavy atom. The molecule has 1 fully saturated rings. The molecule has 2 amide bonds. The lowest BCUT2D eigenvalue weighted by atomic mass is 9.84. The lowest BCUT2D eigenvalue weighted by Crippen LogP contribution is -2.46. The highest BCUT2D eigenvalue weighted by atomic mass is 16.7. The summed E-state index contributed by atoms with van der Waals surface area (Å²) in [6.45, 7) is 6.02. The summed E-state index contributed by atoms with van der Waals surface area (Å²) in [6.07, 6.45) is 3.25. The Morgan fingerprint density at radius 2 is 1.79 bits per heavy atom. The minimum Gasteiger partial charge on any atom is -0.481 e. The third-order valence-corrected chi connectivity index (χ3v) is 8.96. The van der Waals surface area contributed by atoms with E-state index in [4.69, 9.17) is 9.47 Å². The smallest absolute Gasteiger partial charge is 0.308 e. The molecule has 0 spiro atoms. The van der Waals surface area contributed by atoms with E-state index >= 15 is 0 Å². The second-order valence-electron chi connectivity index (χ2n) is 12.1. The average Bonchev–Trinajstić information content (AvgIpc) is 3.68. The van der Waals surface area contributed by atoms with Gasteiger partial charge in [0.25, 0.3) is 5.91 Å². The lowest BCUT2D eigenvalue weighted by molar-refractivity contribution is -0.144. The van der Waals surface area contributed by atoms with Crippen LogP contribution < -0.4 is 9.47 Å². The van der Waals surface area contributed by atoms with Gasteiger partial charge in [-0.25, -0.2) is 0 Å². The van der Waals surface area contributed by atoms with Crippen LogP contribution in [0.25, 0.3) is 0 Å². The maximum Gasteiger partial charge on any atom is 0.308 e. The first-order valence-electron chi connectivity index (χ1n) is 15.4. The average molecular weight is 593 g/mol. The van der Waals surface area contributed by atoms with Gasteiger partial charge in [0.1, 0.15) is 0 Å². The number of amides is 2. The number of aliphatic carboxylic acids is 1. The molecular weight excluding hydrogens is 548 g/mol. The first-order chi connectivity index (χ1) is 20.8. The van der Waals surface area contributed by atoms with Crippen molar-refractivity contribution in [2.45, 2.75) is 51.1 Å². The van der Waals surface area contributed by atoms with Crippen LogP contribution in [0.2, 0.25) is 0 Å². The van der Waals surface area contributed by atoms with Crippen molar-refractivity contribution < 1.29 is 29.0 Å². The number of carbonyl (C=O) groups is 3. The number of likely N-dealkylation sites (tertiary alicyclic amines) is 1. The lowest BCUT2D eigenvalue weighted by Gasteiger charge is -2.31. The summed E-state index contributed by atoms with van der Waals surface area (Å²) in [7, 11) is 4.05. The molecule has 3 heterocycles. The third-order valence-electron chi connectivity index (χ3n) is 8.96. The number of nitrogens with zero attached hydrogens (tertiary/aromatic N) is 4. The molecule has 0 radical (unpaired) electrons. The monoisotopic (exact) mass is 592 g/mol.